The molecule has 1 amide bonds. The minimum absolute atomic E-state index is 0.167. The molecular formula is C18H17F3N2O2. The highest BCUT2D eigenvalue weighted by Crippen LogP contribution is 2.36. The monoisotopic (exact) mass is 350 g/mol. The van der Waals surface area contributed by atoms with E-state index in [4.69, 9.17) is 0 Å². The van der Waals surface area contributed by atoms with Gasteiger partial charge < -0.3 is 15.3 Å². The van der Waals surface area contributed by atoms with Crippen molar-refractivity contribution in [2.24, 2.45) is 0 Å². The molecule has 0 saturated carbocycles. The van der Waals surface area contributed by atoms with Crippen molar-refractivity contribution in [2.75, 3.05) is 18.9 Å². The van der Waals surface area contributed by atoms with E-state index in [0.717, 1.165) is 37.2 Å². The van der Waals surface area contributed by atoms with Gasteiger partial charge >= 0.3 is 6.18 Å². The van der Waals surface area contributed by atoms with Gasteiger partial charge in [-0.3, -0.25) is 4.79 Å². The normalized spacial score (nSPS) is 14.9. The zero-order valence-electron chi connectivity index (χ0n) is 13.5. The van der Waals surface area contributed by atoms with Gasteiger partial charge in [0, 0.05) is 24.3 Å². The van der Waals surface area contributed by atoms with Crippen LogP contribution in [0.2, 0.25) is 0 Å². The lowest BCUT2D eigenvalue weighted by atomic mass is 9.99. The summed E-state index contributed by atoms with van der Waals surface area (Å²) in [7, 11) is 2.00. The molecule has 0 atom stereocenters. The van der Waals surface area contributed by atoms with E-state index in [9.17, 15) is 23.1 Å². The zero-order chi connectivity index (χ0) is 18.2. The van der Waals surface area contributed by atoms with Crippen LogP contribution in [0.15, 0.2) is 36.4 Å². The molecule has 25 heavy (non-hydrogen) atoms. The van der Waals surface area contributed by atoms with Crippen molar-refractivity contribution in [3.8, 4) is 5.75 Å². The molecule has 1 aliphatic rings. The molecule has 2 N–H and O–H groups in total. The Hall–Kier alpha value is -2.54. The number of rotatable bonds is 2. The molecule has 0 bridgehead atoms. The predicted molar refractivity (Wildman–Crippen MR) is 87.5 cm³/mol. The molecule has 4 nitrogen and oxygen atoms in total. The highest BCUT2D eigenvalue weighted by Gasteiger charge is 2.34. The van der Waals surface area contributed by atoms with Crippen LogP contribution in [0.3, 0.4) is 0 Å². The standard InChI is InChI=1S/C18H17F3N2O2/c1-23-7-6-11-2-4-14(8-13(11)10-23)22-17(25)12-3-5-16(24)15(9-12)18(19,20)21/h2-5,8-9,24H,6-7,10H2,1H3,(H,22,25). The van der Waals surface area contributed by atoms with E-state index in [1.165, 1.54) is 5.56 Å². The van der Waals surface area contributed by atoms with E-state index < -0.39 is 23.4 Å². The summed E-state index contributed by atoms with van der Waals surface area (Å²) in [5.41, 5.74) is 1.43. The minimum Gasteiger partial charge on any atom is -0.507 e. The smallest absolute Gasteiger partial charge is 0.419 e. The number of fused-ring (bicyclic) bond motifs is 1. The fraction of sp³-hybridized carbons (Fsp3) is 0.278. The number of alkyl halides is 3. The number of phenols is 1. The molecule has 2 aromatic rings. The number of carbonyl (C=O) groups is 1. The Morgan fingerprint density at radius 2 is 1.92 bits per heavy atom. The van der Waals surface area contributed by atoms with Gasteiger partial charge in [0.2, 0.25) is 0 Å². The van der Waals surface area contributed by atoms with E-state index in [0.29, 0.717) is 11.8 Å². The lowest BCUT2D eigenvalue weighted by Crippen LogP contribution is -2.26. The van der Waals surface area contributed by atoms with Gasteiger partial charge in [0.1, 0.15) is 5.75 Å². The lowest BCUT2D eigenvalue weighted by molar-refractivity contribution is -0.138. The molecule has 1 aliphatic heterocycles. The number of hydrogen-bond donors (Lipinski definition) is 2. The summed E-state index contributed by atoms with van der Waals surface area (Å²) >= 11 is 0. The number of hydrogen-bond acceptors (Lipinski definition) is 3. The number of aromatic hydroxyl groups is 1. The van der Waals surface area contributed by atoms with Crippen LogP contribution in [0.4, 0.5) is 18.9 Å². The van der Waals surface area contributed by atoms with Crippen LogP contribution >= 0.6 is 0 Å². The van der Waals surface area contributed by atoms with Crippen molar-refractivity contribution in [1.29, 1.82) is 0 Å². The average molecular weight is 350 g/mol. The molecule has 0 radical (unpaired) electrons. The molecule has 132 valence electrons. The number of halogens is 3. The van der Waals surface area contributed by atoms with Gasteiger partial charge in [-0.25, -0.2) is 0 Å². The van der Waals surface area contributed by atoms with Crippen LogP contribution in [-0.2, 0) is 19.1 Å². The molecule has 1 heterocycles. The van der Waals surface area contributed by atoms with E-state index >= 15 is 0 Å². The van der Waals surface area contributed by atoms with Crippen molar-refractivity contribution in [1.82, 2.24) is 4.90 Å². The number of nitrogens with one attached hydrogen (secondary N) is 1. The topological polar surface area (TPSA) is 52.6 Å². The maximum absolute atomic E-state index is 12.8. The van der Waals surface area contributed by atoms with Crippen molar-refractivity contribution in [2.45, 2.75) is 19.1 Å². The number of carbonyl (C=O) groups excluding carboxylic acids is 1. The summed E-state index contributed by atoms with van der Waals surface area (Å²) < 4.78 is 38.5. The molecule has 7 heteroatoms. The van der Waals surface area contributed by atoms with E-state index in [-0.39, 0.29) is 5.56 Å². The van der Waals surface area contributed by atoms with Crippen molar-refractivity contribution < 1.29 is 23.1 Å². The molecule has 0 spiro atoms. The van der Waals surface area contributed by atoms with Gasteiger partial charge in [-0.1, -0.05) is 6.07 Å². The van der Waals surface area contributed by atoms with Gasteiger partial charge in [-0.2, -0.15) is 13.2 Å². The van der Waals surface area contributed by atoms with Gasteiger partial charge in [-0.05, 0) is 54.9 Å². The van der Waals surface area contributed by atoms with Crippen LogP contribution in [0, 0.1) is 0 Å². The number of benzene rings is 2. The molecule has 3 rings (SSSR count). The minimum atomic E-state index is -4.73. The second-order valence-electron chi connectivity index (χ2n) is 6.16. The van der Waals surface area contributed by atoms with Gasteiger partial charge in [0.15, 0.2) is 0 Å². The summed E-state index contributed by atoms with van der Waals surface area (Å²) in [6.07, 6.45) is -3.80. The Labute approximate surface area is 142 Å². The zero-order valence-corrected chi connectivity index (χ0v) is 13.5. The van der Waals surface area contributed by atoms with E-state index in [1.807, 2.05) is 19.2 Å². The van der Waals surface area contributed by atoms with Crippen LogP contribution in [0.25, 0.3) is 0 Å². The Morgan fingerprint density at radius 1 is 1.16 bits per heavy atom. The van der Waals surface area contributed by atoms with Crippen LogP contribution < -0.4 is 5.32 Å². The summed E-state index contributed by atoms with van der Waals surface area (Å²) in [4.78, 5) is 14.4. The largest absolute Gasteiger partial charge is 0.507 e. The Morgan fingerprint density at radius 3 is 2.64 bits per heavy atom. The number of anilines is 1. The quantitative estimate of drug-likeness (QED) is 0.869. The van der Waals surface area contributed by atoms with Gasteiger partial charge in [0.25, 0.3) is 5.91 Å². The summed E-state index contributed by atoms with van der Waals surface area (Å²) in [5, 5.41) is 12.0. The molecule has 0 aliphatic carbocycles. The molecule has 0 fully saturated rings. The van der Waals surface area contributed by atoms with Crippen LogP contribution in [-0.4, -0.2) is 29.5 Å². The summed E-state index contributed by atoms with van der Waals surface area (Å²) in [6, 6.07) is 8.19. The highest BCUT2D eigenvalue weighted by atomic mass is 19.4. The molecule has 0 unspecified atom stereocenters. The number of phenolic OH excluding ortho intramolecular Hbond substituents is 1. The third-order valence-electron chi connectivity index (χ3n) is 4.23. The SMILES string of the molecule is CN1CCc2ccc(NC(=O)c3ccc(O)c(C(F)(F)F)c3)cc2C1. The Bertz CT molecular complexity index is 818. The maximum atomic E-state index is 12.8. The number of amides is 1. The predicted octanol–water partition coefficient (Wildman–Crippen LogP) is 3.65. The first-order valence-electron chi connectivity index (χ1n) is 7.76. The molecular weight excluding hydrogens is 333 g/mol. The second-order valence-corrected chi connectivity index (χ2v) is 6.16. The number of likely N-dealkylation sites (N-methyl/N-ethyl adjacent to an activating group) is 1. The third-order valence-corrected chi connectivity index (χ3v) is 4.23. The maximum Gasteiger partial charge on any atom is 0.419 e. The number of nitrogens with zero attached hydrogens (tertiary/aromatic N) is 1. The van der Waals surface area contributed by atoms with Crippen LogP contribution in [0.1, 0.15) is 27.0 Å². The van der Waals surface area contributed by atoms with Gasteiger partial charge in [0.05, 0.1) is 5.56 Å². The Kier molecular flexibility index (Phi) is 4.43. The van der Waals surface area contributed by atoms with Crippen molar-refractivity contribution >= 4 is 11.6 Å². The lowest BCUT2D eigenvalue weighted by Gasteiger charge is -2.25. The van der Waals surface area contributed by atoms with E-state index in [1.54, 1.807) is 6.07 Å². The second kappa shape index (κ2) is 6.40. The van der Waals surface area contributed by atoms with E-state index in [2.05, 4.69) is 10.2 Å². The van der Waals surface area contributed by atoms with Crippen molar-refractivity contribution in [3.63, 3.8) is 0 Å². The fourth-order valence-corrected chi connectivity index (χ4v) is 2.88. The first kappa shape index (κ1) is 17.3. The molecule has 2 aromatic carbocycles. The molecule has 0 saturated heterocycles. The summed E-state index contributed by atoms with van der Waals surface area (Å²) in [5.74, 6) is -1.56. The highest BCUT2D eigenvalue weighted by molar-refractivity contribution is 6.04. The first-order chi connectivity index (χ1) is 11.7. The first-order valence-corrected chi connectivity index (χ1v) is 7.76. The third kappa shape index (κ3) is 3.76. The van der Waals surface area contributed by atoms with Crippen molar-refractivity contribution in [3.05, 3.63) is 58.7 Å². The molecule has 0 aromatic heterocycles. The summed E-state index contributed by atoms with van der Waals surface area (Å²) in [6.45, 7) is 1.73. The van der Waals surface area contributed by atoms with Crippen LogP contribution in [0.5, 0.6) is 5.75 Å². The van der Waals surface area contributed by atoms with Gasteiger partial charge in [-0.15, -0.1) is 0 Å². The average Bonchev–Trinajstić information content (AvgIpc) is 2.53. The Balaban J connectivity index is 1.82. The fourth-order valence-electron chi connectivity index (χ4n) is 2.88.